The van der Waals surface area contributed by atoms with Gasteiger partial charge in [-0.3, -0.25) is 4.79 Å². The van der Waals surface area contributed by atoms with E-state index in [-0.39, 0.29) is 11.9 Å². The number of ether oxygens (including phenoxy) is 2. The number of imidazole rings is 1. The predicted octanol–water partition coefficient (Wildman–Crippen LogP) is 3.85. The molecule has 7 nitrogen and oxygen atoms in total. The first-order chi connectivity index (χ1) is 13.6. The third-order valence-electron chi connectivity index (χ3n) is 4.70. The van der Waals surface area contributed by atoms with E-state index < -0.39 is 0 Å². The highest BCUT2D eigenvalue weighted by Crippen LogP contribution is 2.37. The van der Waals surface area contributed by atoms with Crippen molar-refractivity contribution in [3.8, 4) is 22.8 Å². The van der Waals surface area contributed by atoms with Gasteiger partial charge in [0.15, 0.2) is 16.6 Å². The molecular formula is C20H22N4O3S. The van der Waals surface area contributed by atoms with E-state index in [1.165, 1.54) is 11.3 Å². The van der Waals surface area contributed by atoms with Crippen LogP contribution in [0, 0.1) is 6.92 Å². The van der Waals surface area contributed by atoms with Crippen molar-refractivity contribution >= 4 is 22.4 Å². The van der Waals surface area contributed by atoms with Gasteiger partial charge in [-0.25, -0.2) is 9.97 Å². The van der Waals surface area contributed by atoms with Crippen molar-refractivity contribution < 1.29 is 14.3 Å². The Morgan fingerprint density at radius 1 is 1.32 bits per heavy atom. The lowest BCUT2D eigenvalue weighted by atomic mass is 10.1. The molecule has 28 heavy (non-hydrogen) atoms. The van der Waals surface area contributed by atoms with Crippen LogP contribution in [0.1, 0.15) is 30.6 Å². The molecule has 0 fully saturated rings. The minimum Gasteiger partial charge on any atom is -0.486 e. The predicted molar refractivity (Wildman–Crippen MR) is 108 cm³/mol. The number of anilines is 1. The second kappa shape index (κ2) is 7.63. The number of aryl methyl sites for hydroxylation is 2. The Balaban J connectivity index is 1.54. The number of aromatic nitrogens is 3. The largest absolute Gasteiger partial charge is 0.486 e. The van der Waals surface area contributed by atoms with Gasteiger partial charge in [-0.1, -0.05) is 6.92 Å². The standard InChI is InChI=1S/C20H22N4O3S/c1-4-17-21-7-8-24(17)12(2)19(25)23-20-22-18(13(3)28-20)14-5-6-15-16(11-14)27-10-9-26-15/h5-8,11-12H,4,9-10H2,1-3H3,(H,22,23,25)/t12-/m1/s1. The van der Waals surface area contributed by atoms with Crippen molar-refractivity contribution in [2.75, 3.05) is 18.5 Å². The zero-order chi connectivity index (χ0) is 19.7. The van der Waals surface area contributed by atoms with Crippen LogP contribution < -0.4 is 14.8 Å². The number of hydrogen-bond donors (Lipinski definition) is 1. The van der Waals surface area contributed by atoms with Crippen molar-refractivity contribution in [3.05, 3.63) is 41.3 Å². The van der Waals surface area contributed by atoms with Crippen molar-refractivity contribution in [2.45, 2.75) is 33.2 Å². The molecule has 0 radical (unpaired) electrons. The molecule has 1 N–H and O–H groups in total. The molecule has 1 aliphatic heterocycles. The quantitative estimate of drug-likeness (QED) is 0.706. The van der Waals surface area contributed by atoms with Gasteiger partial charge in [0, 0.05) is 29.3 Å². The fraction of sp³-hybridized carbons (Fsp3) is 0.350. The van der Waals surface area contributed by atoms with Crippen LogP contribution in [-0.4, -0.2) is 33.7 Å². The Kier molecular flexibility index (Phi) is 5.04. The Morgan fingerprint density at radius 3 is 2.89 bits per heavy atom. The Hall–Kier alpha value is -2.87. The maximum Gasteiger partial charge on any atom is 0.248 e. The van der Waals surface area contributed by atoms with Gasteiger partial charge in [-0.15, -0.1) is 11.3 Å². The van der Waals surface area contributed by atoms with Crippen LogP contribution in [-0.2, 0) is 11.2 Å². The van der Waals surface area contributed by atoms with Gasteiger partial charge in [-0.05, 0) is 32.0 Å². The smallest absolute Gasteiger partial charge is 0.248 e. The molecule has 8 heteroatoms. The van der Waals surface area contributed by atoms with Gasteiger partial charge in [0.25, 0.3) is 0 Å². The van der Waals surface area contributed by atoms with Crippen LogP contribution in [0.2, 0.25) is 0 Å². The van der Waals surface area contributed by atoms with Crippen molar-refractivity contribution in [1.29, 1.82) is 0 Å². The first-order valence-corrected chi connectivity index (χ1v) is 10.1. The lowest BCUT2D eigenvalue weighted by Crippen LogP contribution is -2.24. The van der Waals surface area contributed by atoms with Crippen LogP contribution in [0.3, 0.4) is 0 Å². The summed E-state index contributed by atoms with van der Waals surface area (Å²) in [4.78, 5) is 22.6. The summed E-state index contributed by atoms with van der Waals surface area (Å²) in [6, 6.07) is 5.43. The highest BCUT2D eigenvalue weighted by molar-refractivity contribution is 7.16. The van der Waals surface area contributed by atoms with Gasteiger partial charge >= 0.3 is 0 Å². The van der Waals surface area contributed by atoms with Crippen molar-refractivity contribution in [3.63, 3.8) is 0 Å². The third kappa shape index (κ3) is 3.47. The minimum atomic E-state index is -0.362. The molecule has 1 atom stereocenters. The summed E-state index contributed by atoms with van der Waals surface area (Å²) < 4.78 is 13.1. The number of rotatable bonds is 5. The second-order valence-corrected chi connectivity index (χ2v) is 7.75. The number of fused-ring (bicyclic) bond motifs is 1. The van der Waals surface area contributed by atoms with Crippen LogP contribution >= 0.6 is 11.3 Å². The van der Waals surface area contributed by atoms with Gasteiger partial charge in [-0.2, -0.15) is 0 Å². The summed E-state index contributed by atoms with van der Waals surface area (Å²) in [5.74, 6) is 2.24. The third-order valence-corrected chi connectivity index (χ3v) is 5.59. The molecule has 0 unspecified atom stereocenters. The Morgan fingerprint density at radius 2 is 2.11 bits per heavy atom. The zero-order valence-electron chi connectivity index (χ0n) is 16.1. The maximum absolute atomic E-state index is 12.7. The van der Waals surface area contributed by atoms with Crippen LogP contribution in [0.5, 0.6) is 11.5 Å². The van der Waals surface area contributed by atoms with E-state index in [4.69, 9.17) is 9.47 Å². The van der Waals surface area contributed by atoms with E-state index in [9.17, 15) is 4.79 Å². The SMILES string of the molecule is CCc1nccn1[C@H](C)C(=O)Nc1nc(-c2ccc3c(c2)OCCO3)c(C)s1. The zero-order valence-corrected chi connectivity index (χ0v) is 16.9. The van der Waals surface area contributed by atoms with Crippen molar-refractivity contribution in [1.82, 2.24) is 14.5 Å². The molecule has 1 aliphatic rings. The second-order valence-electron chi connectivity index (χ2n) is 6.55. The number of carbonyl (C=O) groups excluding carboxylic acids is 1. The number of hydrogen-bond acceptors (Lipinski definition) is 6. The summed E-state index contributed by atoms with van der Waals surface area (Å²) in [5.41, 5.74) is 1.77. The summed E-state index contributed by atoms with van der Waals surface area (Å²) >= 11 is 1.46. The number of benzene rings is 1. The van der Waals surface area contributed by atoms with Gasteiger partial charge in [0.2, 0.25) is 5.91 Å². The average molecular weight is 398 g/mol. The molecule has 4 rings (SSSR count). The molecule has 2 aromatic heterocycles. The molecule has 0 bridgehead atoms. The van der Waals surface area contributed by atoms with Crippen LogP contribution in [0.4, 0.5) is 5.13 Å². The molecular weight excluding hydrogens is 376 g/mol. The molecule has 0 spiro atoms. The van der Waals surface area contributed by atoms with Crippen LogP contribution in [0.15, 0.2) is 30.6 Å². The highest BCUT2D eigenvalue weighted by Gasteiger charge is 2.20. The minimum absolute atomic E-state index is 0.116. The first kappa shape index (κ1) is 18.5. The van der Waals surface area contributed by atoms with E-state index in [1.54, 1.807) is 6.20 Å². The summed E-state index contributed by atoms with van der Waals surface area (Å²) in [5, 5.41) is 3.52. The Bertz CT molecular complexity index is 1010. The topological polar surface area (TPSA) is 78.3 Å². The number of nitrogens with one attached hydrogen (secondary N) is 1. The summed E-state index contributed by atoms with van der Waals surface area (Å²) in [7, 11) is 0. The lowest BCUT2D eigenvalue weighted by molar-refractivity contribution is -0.118. The van der Waals surface area contributed by atoms with E-state index in [0.717, 1.165) is 39.9 Å². The molecule has 0 saturated heterocycles. The average Bonchev–Trinajstić information content (AvgIpc) is 3.33. The molecule has 3 aromatic rings. The fourth-order valence-corrected chi connectivity index (χ4v) is 4.05. The summed E-state index contributed by atoms with van der Waals surface area (Å²) in [6.45, 7) is 6.98. The first-order valence-electron chi connectivity index (χ1n) is 9.27. The molecule has 1 aromatic carbocycles. The number of amides is 1. The highest BCUT2D eigenvalue weighted by atomic mass is 32.1. The summed E-state index contributed by atoms with van der Waals surface area (Å²) in [6.07, 6.45) is 4.32. The molecule has 0 aliphatic carbocycles. The number of nitrogens with zero attached hydrogens (tertiary/aromatic N) is 3. The molecule has 1 amide bonds. The molecule has 0 saturated carbocycles. The maximum atomic E-state index is 12.7. The number of thiazole rings is 1. The van der Waals surface area contributed by atoms with Gasteiger partial charge < -0.3 is 19.4 Å². The monoisotopic (exact) mass is 398 g/mol. The Labute approximate surface area is 167 Å². The van der Waals surface area contributed by atoms with Crippen molar-refractivity contribution in [2.24, 2.45) is 0 Å². The molecule has 146 valence electrons. The number of carbonyl (C=O) groups is 1. The van der Waals surface area contributed by atoms with E-state index in [1.807, 2.05) is 49.7 Å². The fourth-order valence-electron chi connectivity index (χ4n) is 3.21. The molecule has 3 heterocycles. The van der Waals surface area contributed by atoms with E-state index in [2.05, 4.69) is 15.3 Å². The van der Waals surface area contributed by atoms with E-state index in [0.29, 0.717) is 18.3 Å². The lowest BCUT2D eigenvalue weighted by Gasteiger charge is -2.18. The van der Waals surface area contributed by atoms with E-state index >= 15 is 0 Å². The van der Waals surface area contributed by atoms with Gasteiger partial charge in [0.05, 0.1) is 5.69 Å². The normalized spacial score (nSPS) is 14.0. The van der Waals surface area contributed by atoms with Gasteiger partial charge in [0.1, 0.15) is 25.1 Å². The van der Waals surface area contributed by atoms with Crippen LogP contribution in [0.25, 0.3) is 11.3 Å².